The van der Waals surface area contributed by atoms with Crippen LogP contribution in [0.1, 0.15) is 0 Å². The lowest BCUT2D eigenvalue weighted by Crippen LogP contribution is -2.37. The molecule has 1 saturated heterocycles. The molecule has 1 N–H and O–H groups in total. The van der Waals surface area contributed by atoms with Crippen LogP contribution in [0.15, 0.2) is 24.3 Å². The Hall–Kier alpha value is -2.11. The molecular formula is C11H11FN2O3. The predicted molar refractivity (Wildman–Crippen MR) is 57.0 cm³/mol. The average molecular weight is 238 g/mol. The van der Waals surface area contributed by atoms with Crippen molar-refractivity contribution >= 4 is 11.9 Å². The van der Waals surface area contributed by atoms with Crippen LogP contribution in [-0.2, 0) is 4.79 Å². The maximum Gasteiger partial charge on any atom is 0.324 e. The zero-order chi connectivity index (χ0) is 12.3. The second-order valence-electron chi connectivity index (χ2n) is 3.52. The molecule has 0 spiro atoms. The Labute approximate surface area is 97.2 Å². The third kappa shape index (κ3) is 2.72. The summed E-state index contributed by atoms with van der Waals surface area (Å²) < 4.78 is 17.7. The summed E-state index contributed by atoms with van der Waals surface area (Å²) in [6, 6.07) is 4.92. The highest BCUT2D eigenvalue weighted by molar-refractivity contribution is 5.96. The fourth-order valence-corrected chi connectivity index (χ4v) is 1.46. The van der Waals surface area contributed by atoms with Gasteiger partial charge in [-0.1, -0.05) is 0 Å². The Kier molecular flexibility index (Phi) is 3.22. The van der Waals surface area contributed by atoms with Crippen LogP contribution in [0.4, 0.5) is 9.18 Å². The Bertz CT molecular complexity index is 433. The molecular weight excluding hydrogens is 227 g/mol. The van der Waals surface area contributed by atoms with E-state index in [0.717, 1.165) is 4.90 Å². The molecule has 1 aliphatic heterocycles. The van der Waals surface area contributed by atoms with Crippen LogP contribution in [0, 0.1) is 5.82 Å². The van der Waals surface area contributed by atoms with Crippen molar-refractivity contribution in [3.8, 4) is 5.75 Å². The van der Waals surface area contributed by atoms with Crippen LogP contribution >= 0.6 is 0 Å². The molecule has 0 aliphatic carbocycles. The van der Waals surface area contributed by atoms with Gasteiger partial charge in [0.1, 0.15) is 11.6 Å². The number of nitrogens with zero attached hydrogens (tertiary/aromatic N) is 1. The first-order chi connectivity index (χ1) is 8.16. The summed E-state index contributed by atoms with van der Waals surface area (Å²) in [6.45, 7) is 0.574. The first-order valence-electron chi connectivity index (χ1n) is 5.13. The topological polar surface area (TPSA) is 58.6 Å². The molecule has 17 heavy (non-hydrogen) atoms. The van der Waals surface area contributed by atoms with Gasteiger partial charge in [0.15, 0.2) is 6.61 Å². The molecule has 1 aromatic rings. The molecule has 0 atom stereocenters. The van der Waals surface area contributed by atoms with Crippen LogP contribution in [-0.4, -0.2) is 36.5 Å². The van der Waals surface area contributed by atoms with E-state index in [9.17, 15) is 14.0 Å². The molecule has 2 rings (SSSR count). The van der Waals surface area contributed by atoms with Crippen molar-refractivity contribution in [3.05, 3.63) is 30.1 Å². The Morgan fingerprint density at radius 2 is 2.12 bits per heavy atom. The number of halogens is 1. The van der Waals surface area contributed by atoms with Crippen molar-refractivity contribution in [2.45, 2.75) is 0 Å². The van der Waals surface area contributed by atoms with Gasteiger partial charge in [-0.3, -0.25) is 9.69 Å². The molecule has 3 amide bonds. The van der Waals surface area contributed by atoms with Gasteiger partial charge in [-0.05, 0) is 24.3 Å². The van der Waals surface area contributed by atoms with Crippen LogP contribution in [0.25, 0.3) is 0 Å². The summed E-state index contributed by atoms with van der Waals surface area (Å²) in [5.74, 6) is -0.397. The fraction of sp³-hybridized carbons (Fsp3) is 0.273. The summed E-state index contributed by atoms with van der Waals surface area (Å²) in [5.41, 5.74) is 0. The maximum absolute atomic E-state index is 12.6. The van der Waals surface area contributed by atoms with Gasteiger partial charge in [0.2, 0.25) is 0 Å². The highest BCUT2D eigenvalue weighted by Gasteiger charge is 2.26. The zero-order valence-electron chi connectivity index (χ0n) is 8.98. The van der Waals surface area contributed by atoms with E-state index >= 15 is 0 Å². The zero-order valence-corrected chi connectivity index (χ0v) is 8.98. The van der Waals surface area contributed by atoms with Crippen molar-refractivity contribution in [1.29, 1.82) is 0 Å². The highest BCUT2D eigenvalue weighted by Crippen LogP contribution is 2.11. The largest absolute Gasteiger partial charge is 0.484 e. The third-order valence-electron chi connectivity index (χ3n) is 2.33. The summed E-state index contributed by atoms with van der Waals surface area (Å²) in [5, 5.41) is 2.52. The number of nitrogens with one attached hydrogen (secondary N) is 1. The minimum absolute atomic E-state index is 0.237. The Morgan fingerprint density at radius 1 is 1.41 bits per heavy atom. The quantitative estimate of drug-likeness (QED) is 0.845. The molecule has 1 aliphatic rings. The van der Waals surface area contributed by atoms with E-state index in [0.29, 0.717) is 18.8 Å². The average Bonchev–Trinajstić information content (AvgIpc) is 2.74. The minimum atomic E-state index is -0.413. The summed E-state index contributed by atoms with van der Waals surface area (Å²) in [4.78, 5) is 23.8. The van der Waals surface area contributed by atoms with Crippen LogP contribution < -0.4 is 10.1 Å². The molecule has 1 aromatic carbocycles. The molecule has 6 heteroatoms. The number of hydrogen-bond acceptors (Lipinski definition) is 3. The highest BCUT2D eigenvalue weighted by atomic mass is 19.1. The first-order valence-corrected chi connectivity index (χ1v) is 5.13. The van der Waals surface area contributed by atoms with Gasteiger partial charge >= 0.3 is 6.03 Å². The number of imide groups is 1. The van der Waals surface area contributed by atoms with Crippen molar-refractivity contribution in [2.24, 2.45) is 0 Å². The number of amides is 3. The molecule has 90 valence electrons. The standard InChI is InChI=1S/C11H11FN2O3/c12-8-1-3-9(4-2-8)17-7-10(15)14-6-5-13-11(14)16/h1-4H,5-7H2,(H,13,16). The van der Waals surface area contributed by atoms with Crippen molar-refractivity contribution < 1.29 is 18.7 Å². The molecule has 0 radical (unpaired) electrons. The molecule has 0 aromatic heterocycles. The van der Waals surface area contributed by atoms with E-state index in [-0.39, 0.29) is 12.4 Å². The number of carbonyl (C=O) groups is 2. The van der Waals surface area contributed by atoms with Gasteiger partial charge < -0.3 is 10.1 Å². The number of carbonyl (C=O) groups excluding carboxylic acids is 2. The van der Waals surface area contributed by atoms with E-state index in [1.54, 1.807) is 0 Å². The molecule has 1 fully saturated rings. The normalized spacial score (nSPS) is 14.6. The van der Waals surface area contributed by atoms with Gasteiger partial charge in [0.25, 0.3) is 5.91 Å². The predicted octanol–water partition coefficient (Wildman–Crippen LogP) is 0.756. The molecule has 0 bridgehead atoms. The van der Waals surface area contributed by atoms with Crippen molar-refractivity contribution in [1.82, 2.24) is 10.2 Å². The fourth-order valence-electron chi connectivity index (χ4n) is 1.46. The van der Waals surface area contributed by atoms with Gasteiger partial charge in [-0.15, -0.1) is 0 Å². The number of urea groups is 1. The smallest absolute Gasteiger partial charge is 0.324 e. The number of benzene rings is 1. The second-order valence-corrected chi connectivity index (χ2v) is 3.52. The molecule has 0 saturated carbocycles. The van der Waals surface area contributed by atoms with Crippen molar-refractivity contribution in [2.75, 3.05) is 19.7 Å². The van der Waals surface area contributed by atoms with E-state index in [2.05, 4.69) is 5.32 Å². The lowest BCUT2D eigenvalue weighted by Gasteiger charge is -2.12. The molecule has 1 heterocycles. The van der Waals surface area contributed by atoms with Gasteiger partial charge in [0, 0.05) is 13.1 Å². The Balaban J connectivity index is 1.87. The maximum atomic E-state index is 12.6. The third-order valence-corrected chi connectivity index (χ3v) is 2.33. The lowest BCUT2D eigenvalue weighted by molar-refractivity contribution is -0.129. The van der Waals surface area contributed by atoms with E-state index in [1.807, 2.05) is 0 Å². The number of ether oxygens (including phenoxy) is 1. The van der Waals surface area contributed by atoms with Crippen LogP contribution in [0.5, 0.6) is 5.75 Å². The summed E-state index contributed by atoms with van der Waals surface area (Å²) >= 11 is 0. The Morgan fingerprint density at radius 3 is 2.71 bits per heavy atom. The minimum Gasteiger partial charge on any atom is -0.484 e. The van der Waals surface area contributed by atoms with Crippen LogP contribution in [0.3, 0.4) is 0 Å². The van der Waals surface area contributed by atoms with E-state index in [1.165, 1.54) is 24.3 Å². The monoisotopic (exact) mass is 238 g/mol. The van der Waals surface area contributed by atoms with Crippen molar-refractivity contribution in [3.63, 3.8) is 0 Å². The summed E-state index contributed by atoms with van der Waals surface area (Å²) in [6.07, 6.45) is 0. The number of rotatable bonds is 3. The van der Waals surface area contributed by atoms with Crippen LogP contribution in [0.2, 0.25) is 0 Å². The molecule has 0 unspecified atom stereocenters. The van der Waals surface area contributed by atoms with E-state index in [4.69, 9.17) is 4.74 Å². The van der Waals surface area contributed by atoms with Gasteiger partial charge in [0.05, 0.1) is 0 Å². The SMILES string of the molecule is O=C(COc1ccc(F)cc1)N1CCNC1=O. The number of hydrogen-bond donors (Lipinski definition) is 1. The molecule has 5 nitrogen and oxygen atoms in total. The first kappa shape index (κ1) is 11.4. The van der Waals surface area contributed by atoms with E-state index < -0.39 is 11.9 Å². The summed E-state index contributed by atoms with van der Waals surface area (Å²) in [7, 11) is 0. The second kappa shape index (κ2) is 4.82. The lowest BCUT2D eigenvalue weighted by atomic mass is 10.3. The van der Waals surface area contributed by atoms with Gasteiger partial charge in [-0.2, -0.15) is 0 Å². The van der Waals surface area contributed by atoms with Gasteiger partial charge in [-0.25, -0.2) is 9.18 Å².